The maximum absolute atomic E-state index is 4.75. The molecule has 0 saturated carbocycles. The normalized spacial score (nSPS) is 13.0. The third-order valence-corrected chi connectivity index (χ3v) is 4.98. The van der Waals surface area contributed by atoms with E-state index in [0.29, 0.717) is 6.54 Å². The molecule has 6 heteroatoms. The highest BCUT2D eigenvalue weighted by molar-refractivity contribution is 5.87. The average Bonchev–Trinajstić information content (AvgIpc) is 3.16. The quantitative estimate of drug-likeness (QED) is 0.391. The molecule has 2 heterocycles. The zero-order valence-corrected chi connectivity index (χ0v) is 16.8. The highest BCUT2D eigenvalue weighted by atomic mass is 15.2. The number of aliphatic imine (C=N–C) groups is 1. The number of guanidine groups is 1. The number of pyridine rings is 1. The molecule has 0 radical (unpaired) electrons. The summed E-state index contributed by atoms with van der Waals surface area (Å²) in [4.78, 5) is 4.75. The van der Waals surface area contributed by atoms with Gasteiger partial charge in [0.1, 0.15) is 5.82 Å². The third-order valence-electron chi connectivity index (χ3n) is 4.98. The molecule has 2 aromatic carbocycles. The van der Waals surface area contributed by atoms with E-state index in [9.17, 15) is 0 Å². The fourth-order valence-electron chi connectivity index (χ4n) is 3.56. The van der Waals surface area contributed by atoms with Crippen LogP contribution in [0.15, 0.2) is 71.9 Å². The Labute approximate surface area is 170 Å². The minimum atomic E-state index is 0.132. The molecule has 6 nitrogen and oxygen atoms in total. The Morgan fingerprint density at radius 1 is 1.03 bits per heavy atom. The number of nitrogens with one attached hydrogen (secondary N) is 2. The van der Waals surface area contributed by atoms with Crippen molar-refractivity contribution in [3.63, 3.8) is 0 Å². The standard InChI is InChI=1S/C23H26N6/c1-3-24-23(25-15-14-22-28-27-21-13-6-7-16-29(21)22)26-17(2)19-12-8-10-18-9-4-5-11-20(18)19/h4-13,16-17H,3,14-15H2,1-2H3,(H2,24,25,26). The van der Waals surface area contributed by atoms with Gasteiger partial charge in [0.2, 0.25) is 0 Å². The molecular formula is C23H26N6. The number of aromatic nitrogens is 3. The smallest absolute Gasteiger partial charge is 0.191 e. The summed E-state index contributed by atoms with van der Waals surface area (Å²) in [6.07, 6.45) is 2.71. The van der Waals surface area contributed by atoms with Crippen molar-refractivity contribution in [2.75, 3.05) is 13.1 Å². The van der Waals surface area contributed by atoms with Gasteiger partial charge in [-0.05, 0) is 42.3 Å². The van der Waals surface area contributed by atoms with Crippen LogP contribution in [-0.4, -0.2) is 33.6 Å². The molecule has 0 aliphatic carbocycles. The molecule has 0 amide bonds. The van der Waals surface area contributed by atoms with Gasteiger partial charge in [0.05, 0.1) is 6.04 Å². The Morgan fingerprint density at radius 3 is 2.76 bits per heavy atom. The molecular weight excluding hydrogens is 360 g/mol. The Bertz CT molecular complexity index is 1130. The summed E-state index contributed by atoms with van der Waals surface area (Å²) in [5.74, 6) is 1.73. The van der Waals surface area contributed by atoms with Crippen LogP contribution >= 0.6 is 0 Å². The minimum absolute atomic E-state index is 0.132. The van der Waals surface area contributed by atoms with Crippen LogP contribution in [0, 0.1) is 0 Å². The Balaban J connectivity index is 1.48. The van der Waals surface area contributed by atoms with Crippen LogP contribution in [-0.2, 0) is 6.42 Å². The summed E-state index contributed by atoms with van der Waals surface area (Å²) in [5, 5.41) is 17.9. The average molecular weight is 387 g/mol. The first-order valence-corrected chi connectivity index (χ1v) is 10.1. The number of hydrogen-bond donors (Lipinski definition) is 2. The molecule has 148 valence electrons. The monoisotopic (exact) mass is 386 g/mol. The maximum atomic E-state index is 4.75. The van der Waals surface area contributed by atoms with Crippen molar-refractivity contribution in [3.8, 4) is 0 Å². The molecule has 0 spiro atoms. The van der Waals surface area contributed by atoms with Crippen LogP contribution < -0.4 is 10.6 Å². The van der Waals surface area contributed by atoms with Crippen LogP contribution in [0.4, 0.5) is 0 Å². The summed E-state index contributed by atoms with van der Waals surface area (Å²) in [7, 11) is 0. The fourth-order valence-corrected chi connectivity index (χ4v) is 3.56. The first-order valence-electron chi connectivity index (χ1n) is 10.1. The van der Waals surface area contributed by atoms with Crippen molar-refractivity contribution in [1.82, 2.24) is 25.2 Å². The van der Waals surface area contributed by atoms with Gasteiger partial charge in [-0.3, -0.25) is 9.39 Å². The van der Waals surface area contributed by atoms with E-state index in [4.69, 9.17) is 4.99 Å². The number of rotatable bonds is 6. The van der Waals surface area contributed by atoms with E-state index < -0.39 is 0 Å². The molecule has 0 aliphatic rings. The van der Waals surface area contributed by atoms with Gasteiger partial charge in [0.15, 0.2) is 11.6 Å². The number of nitrogens with zero attached hydrogens (tertiary/aromatic N) is 4. The second-order valence-electron chi connectivity index (χ2n) is 6.99. The van der Waals surface area contributed by atoms with E-state index >= 15 is 0 Å². The largest absolute Gasteiger partial charge is 0.357 e. The van der Waals surface area contributed by atoms with Gasteiger partial charge in [0.25, 0.3) is 0 Å². The SMILES string of the molecule is CCNC(=NCCc1nnc2ccccn12)NC(C)c1cccc2ccccc12. The van der Waals surface area contributed by atoms with Crippen LogP contribution in [0.1, 0.15) is 31.3 Å². The molecule has 1 atom stereocenters. The van der Waals surface area contributed by atoms with E-state index in [1.54, 1.807) is 0 Å². The second-order valence-corrected chi connectivity index (χ2v) is 6.99. The fraction of sp³-hybridized carbons (Fsp3) is 0.261. The highest BCUT2D eigenvalue weighted by Crippen LogP contribution is 2.23. The van der Waals surface area contributed by atoms with Crippen LogP contribution in [0.25, 0.3) is 16.4 Å². The zero-order valence-electron chi connectivity index (χ0n) is 16.8. The lowest BCUT2D eigenvalue weighted by Crippen LogP contribution is -2.39. The van der Waals surface area contributed by atoms with Crippen molar-refractivity contribution in [2.24, 2.45) is 4.99 Å². The van der Waals surface area contributed by atoms with Crippen molar-refractivity contribution in [2.45, 2.75) is 26.3 Å². The van der Waals surface area contributed by atoms with E-state index in [2.05, 4.69) is 77.1 Å². The van der Waals surface area contributed by atoms with Gasteiger partial charge in [0, 0.05) is 25.7 Å². The first kappa shape index (κ1) is 18.9. The Kier molecular flexibility index (Phi) is 5.70. The number of benzene rings is 2. The predicted octanol–water partition coefficient (Wildman–Crippen LogP) is 3.74. The summed E-state index contributed by atoms with van der Waals surface area (Å²) >= 11 is 0. The van der Waals surface area contributed by atoms with E-state index in [-0.39, 0.29) is 6.04 Å². The van der Waals surface area contributed by atoms with Gasteiger partial charge < -0.3 is 10.6 Å². The molecule has 0 fully saturated rings. The first-order chi connectivity index (χ1) is 14.3. The van der Waals surface area contributed by atoms with E-state index in [1.807, 2.05) is 28.8 Å². The molecule has 1 unspecified atom stereocenters. The van der Waals surface area contributed by atoms with Gasteiger partial charge in [-0.1, -0.05) is 48.5 Å². The Morgan fingerprint density at radius 2 is 1.86 bits per heavy atom. The van der Waals surface area contributed by atoms with Crippen molar-refractivity contribution < 1.29 is 0 Å². The van der Waals surface area contributed by atoms with Crippen molar-refractivity contribution in [1.29, 1.82) is 0 Å². The summed E-state index contributed by atoms with van der Waals surface area (Å²) in [6.45, 7) is 5.68. The van der Waals surface area contributed by atoms with Crippen LogP contribution in [0.3, 0.4) is 0 Å². The van der Waals surface area contributed by atoms with Crippen LogP contribution in [0.2, 0.25) is 0 Å². The van der Waals surface area contributed by atoms with Gasteiger partial charge in [-0.25, -0.2) is 0 Å². The highest BCUT2D eigenvalue weighted by Gasteiger charge is 2.11. The molecule has 4 aromatic rings. The van der Waals surface area contributed by atoms with Gasteiger partial charge >= 0.3 is 0 Å². The van der Waals surface area contributed by atoms with Gasteiger partial charge in [-0.2, -0.15) is 0 Å². The zero-order chi connectivity index (χ0) is 20.1. The molecule has 2 N–H and O–H groups in total. The van der Waals surface area contributed by atoms with Crippen LogP contribution in [0.5, 0.6) is 0 Å². The predicted molar refractivity (Wildman–Crippen MR) is 118 cm³/mol. The molecule has 29 heavy (non-hydrogen) atoms. The lowest BCUT2D eigenvalue weighted by molar-refractivity contribution is 0.689. The van der Waals surface area contributed by atoms with E-state index in [0.717, 1.165) is 30.4 Å². The molecule has 0 aliphatic heterocycles. The summed E-state index contributed by atoms with van der Waals surface area (Å²) < 4.78 is 2.01. The van der Waals surface area contributed by atoms with Crippen molar-refractivity contribution in [3.05, 3.63) is 78.2 Å². The lowest BCUT2D eigenvalue weighted by Gasteiger charge is -2.19. The Hall–Kier alpha value is -3.41. The number of fused-ring (bicyclic) bond motifs is 2. The summed E-state index contributed by atoms with van der Waals surface area (Å²) in [6, 6.07) is 20.9. The molecule has 0 saturated heterocycles. The number of hydrogen-bond acceptors (Lipinski definition) is 3. The van der Waals surface area contributed by atoms with Gasteiger partial charge in [-0.15, -0.1) is 10.2 Å². The third kappa shape index (κ3) is 4.21. The second kappa shape index (κ2) is 8.73. The molecule has 4 rings (SSSR count). The molecule has 2 aromatic heterocycles. The minimum Gasteiger partial charge on any atom is -0.357 e. The van der Waals surface area contributed by atoms with Crippen molar-refractivity contribution >= 4 is 22.4 Å². The lowest BCUT2D eigenvalue weighted by atomic mass is 10.00. The maximum Gasteiger partial charge on any atom is 0.191 e. The van der Waals surface area contributed by atoms with E-state index in [1.165, 1.54) is 16.3 Å². The summed E-state index contributed by atoms with van der Waals surface area (Å²) in [5.41, 5.74) is 2.12. The topological polar surface area (TPSA) is 66.6 Å². The molecule has 0 bridgehead atoms.